The summed E-state index contributed by atoms with van der Waals surface area (Å²) in [6, 6.07) is 12.6. The van der Waals surface area contributed by atoms with Crippen molar-refractivity contribution in [3.63, 3.8) is 0 Å². The summed E-state index contributed by atoms with van der Waals surface area (Å²) in [4.78, 5) is 37.9. The van der Waals surface area contributed by atoms with Gasteiger partial charge < -0.3 is 15.0 Å². The fourth-order valence-corrected chi connectivity index (χ4v) is 3.05. The molecule has 0 bridgehead atoms. The largest absolute Gasteiger partial charge is 0.497 e. The molecule has 30 heavy (non-hydrogen) atoms. The van der Waals surface area contributed by atoms with E-state index < -0.39 is 11.0 Å². The van der Waals surface area contributed by atoms with Gasteiger partial charge in [0.1, 0.15) is 11.8 Å². The topological polar surface area (TPSA) is 102 Å². The molecule has 2 rings (SSSR count). The average molecular weight is 413 g/mol. The number of methoxy groups -OCH3 is 1. The van der Waals surface area contributed by atoms with E-state index in [1.54, 1.807) is 50.4 Å². The Morgan fingerprint density at radius 2 is 1.93 bits per heavy atom. The number of carbonyl (C=O) groups is 2. The zero-order chi connectivity index (χ0) is 22.1. The molecule has 160 valence electrons. The number of hydrogen-bond donors (Lipinski definition) is 1. The summed E-state index contributed by atoms with van der Waals surface area (Å²) in [5, 5.41) is 14.1. The Bertz CT molecular complexity index is 900. The van der Waals surface area contributed by atoms with Gasteiger partial charge in [-0.1, -0.05) is 37.3 Å². The Labute approximate surface area is 176 Å². The molecular weight excluding hydrogens is 386 g/mol. The molecule has 1 N–H and O–H groups in total. The van der Waals surface area contributed by atoms with Crippen molar-refractivity contribution in [3.8, 4) is 5.75 Å². The van der Waals surface area contributed by atoms with Gasteiger partial charge in [-0.15, -0.1) is 0 Å². The number of nitro groups is 1. The van der Waals surface area contributed by atoms with E-state index in [9.17, 15) is 19.7 Å². The van der Waals surface area contributed by atoms with Crippen LogP contribution in [0.4, 0.5) is 5.69 Å². The number of ether oxygens (including phenoxy) is 1. The summed E-state index contributed by atoms with van der Waals surface area (Å²) in [5.74, 6) is 0.00334. The van der Waals surface area contributed by atoms with Gasteiger partial charge >= 0.3 is 0 Å². The van der Waals surface area contributed by atoms with Crippen LogP contribution in [0.5, 0.6) is 5.75 Å². The lowest BCUT2D eigenvalue weighted by Crippen LogP contribution is -2.48. The van der Waals surface area contributed by atoms with Crippen LogP contribution in [0, 0.1) is 10.1 Å². The number of benzene rings is 2. The maximum atomic E-state index is 13.2. The summed E-state index contributed by atoms with van der Waals surface area (Å²) in [6.45, 7) is 4.28. The highest BCUT2D eigenvalue weighted by atomic mass is 16.6. The summed E-state index contributed by atoms with van der Waals surface area (Å²) in [7, 11) is 1.55. The average Bonchev–Trinajstić information content (AvgIpc) is 2.75. The Kier molecular flexibility index (Phi) is 8.34. The summed E-state index contributed by atoms with van der Waals surface area (Å²) >= 11 is 0. The van der Waals surface area contributed by atoms with Crippen molar-refractivity contribution in [1.29, 1.82) is 0 Å². The van der Waals surface area contributed by atoms with E-state index in [4.69, 9.17) is 4.74 Å². The SMILES string of the molecule is CCCNC(=O)C(C)N(Cc1cccc(OC)c1)C(=O)Cc1ccccc1[N+](=O)[O-]. The van der Waals surface area contributed by atoms with Crippen LogP contribution in [0.3, 0.4) is 0 Å². The minimum absolute atomic E-state index is 0.115. The normalized spacial score (nSPS) is 11.4. The summed E-state index contributed by atoms with van der Waals surface area (Å²) in [5.41, 5.74) is 0.986. The van der Waals surface area contributed by atoms with E-state index in [1.807, 2.05) is 13.0 Å². The van der Waals surface area contributed by atoms with E-state index >= 15 is 0 Å². The third-order valence-corrected chi connectivity index (χ3v) is 4.73. The smallest absolute Gasteiger partial charge is 0.273 e. The van der Waals surface area contributed by atoms with E-state index in [0.29, 0.717) is 17.9 Å². The quantitative estimate of drug-likeness (QED) is 0.476. The van der Waals surface area contributed by atoms with Gasteiger partial charge in [-0.3, -0.25) is 19.7 Å². The minimum atomic E-state index is -0.738. The van der Waals surface area contributed by atoms with E-state index in [1.165, 1.54) is 11.0 Å². The van der Waals surface area contributed by atoms with Gasteiger partial charge in [0.05, 0.1) is 18.5 Å². The number of hydrogen-bond acceptors (Lipinski definition) is 5. The monoisotopic (exact) mass is 413 g/mol. The van der Waals surface area contributed by atoms with E-state index in [0.717, 1.165) is 12.0 Å². The van der Waals surface area contributed by atoms with Gasteiger partial charge in [-0.25, -0.2) is 0 Å². The zero-order valence-electron chi connectivity index (χ0n) is 17.5. The molecule has 0 aromatic heterocycles. The molecule has 0 saturated carbocycles. The van der Waals surface area contributed by atoms with E-state index in [2.05, 4.69) is 5.32 Å². The number of carbonyl (C=O) groups excluding carboxylic acids is 2. The van der Waals surface area contributed by atoms with Gasteiger partial charge in [0.25, 0.3) is 5.69 Å². The first kappa shape index (κ1) is 22.9. The number of nitrogens with zero attached hydrogens (tertiary/aromatic N) is 2. The molecule has 2 aromatic carbocycles. The van der Waals surface area contributed by atoms with Crippen LogP contribution in [-0.2, 0) is 22.6 Å². The highest BCUT2D eigenvalue weighted by Crippen LogP contribution is 2.21. The van der Waals surface area contributed by atoms with Crippen LogP contribution < -0.4 is 10.1 Å². The molecule has 8 heteroatoms. The van der Waals surface area contributed by atoms with Crippen molar-refractivity contribution in [2.75, 3.05) is 13.7 Å². The highest BCUT2D eigenvalue weighted by molar-refractivity contribution is 5.88. The van der Waals surface area contributed by atoms with Crippen molar-refractivity contribution in [2.24, 2.45) is 0 Å². The van der Waals surface area contributed by atoms with Crippen LogP contribution in [0.1, 0.15) is 31.4 Å². The molecule has 0 aliphatic carbocycles. The van der Waals surface area contributed by atoms with Crippen molar-refractivity contribution in [1.82, 2.24) is 10.2 Å². The molecule has 0 radical (unpaired) electrons. The van der Waals surface area contributed by atoms with E-state index in [-0.39, 0.29) is 30.5 Å². The summed E-state index contributed by atoms with van der Waals surface area (Å²) in [6.07, 6.45) is 0.602. The molecule has 1 atom stereocenters. The standard InChI is InChI=1S/C22H27N3O5/c1-4-12-23-22(27)16(2)24(15-17-8-7-10-19(13-17)30-3)21(26)14-18-9-5-6-11-20(18)25(28)29/h5-11,13,16H,4,12,14-15H2,1-3H3,(H,23,27). The predicted molar refractivity (Wildman–Crippen MR) is 113 cm³/mol. The number of para-hydroxylation sites is 1. The molecule has 0 aliphatic rings. The maximum Gasteiger partial charge on any atom is 0.273 e. The van der Waals surface area contributed by atoms with Gasteiger partial charge in [-0.05, 0) is 31.0 Å². The Morgan fingerprint density at radius 1 is 1.20 bits per heavy atom. The molecule has 0 spiro atoms. The van der Waals surface area contributed by atoms with Crippen LogP contribution >= 0.6 is 0 Å². The van der Waals surface area contributed by atoms with Gasteiger partial charge in [0.15, 0.2) is 0 Å². The number of nitro benzene ring substituents is 1. The number of amides is 2. The fraction of sp³-hybridized carbons (Fsp3) is 0.364. The molecule has 2 amide bonds. The molecule has 0 saturated heterocycles. The molecule has 0 aliphatic heterocycles. The first-order valence-electron chi connectivity index (χ1n) is 9.79. The van der Waals surface area contributed by atoms with Gasteiger partial charge in [0.2, 0.25) is 11.8 Å². The fourth-order valence-electron chi connectivity index (χ4n) is 3.05. The third kappa shape index (κ3) is 6.04. The molecule has 0 fully saturated rings. The highest BCUT2D eigenvalue weighted by Gasteiger charge is 2.27. The first-order chi connectivity index (χ1) is 14.4. The lowest BCUT2D eigenvalue weighted by atomic mass is 10.1. The van der Waals surface area contributed by atoms with Crippen LogP contribution in [0.15, 0.2) is 48.5 Å². The molecular formula is C22H27N3O5. The van der Waals surface area contributed by atoms with Crippen LogP contribution in [0.2, 0.25) is 0 Å². The third-order valence-electron chi connectivity index (χ3n) is 4.73. The minimum Gasteiger partial charge on any atom is -0.497 e. The Hall–Kier alpha value is -3.42. The maximum absolute atomic E-state index is 13.2. The van der Waals surface area contributed by atoms with Gasteiger partial charge in [-0.2, -0.15) is 0 Å². The van der Waals surface area contributed by atoms with Crippen molar-refractivity contribution < 1.29 is 19.2 Å². The Balaban J connectivity index is 2.30. The van der Waals surface area contributed by atoms with Crippen molar-refractivity contribution >= 4 is 17.5 Å². The van der Waals surface area contributed by atoms with Crippen LogP contribution in [0.25, 0.3) is 0 Å². The lowest BCUT2D eigenvalue weighted by molar-refractivity contribution is -0.385. The molecule has 8 nitrogen and oxygen atoms in total. The second kappa shape index (κ2) is 10.9. The second-order valence-corrected chi connectivity index (χ2v) is 6.90. The summed E-state index contributed by atoms with van der Waals surface area (Å²) < 4.78 is 5.24. The van der Waals surface area contributed by atoms with Crippen LogP contribution in [-0.4, -0.2) is 41.3 Å². The Morgan fingerprint density at radius 3 is 2.60 bits per heavy atom. The second-order valence-electron chi connectivity index (χ2n) is 6.90. The first-order valence-corrected chi connectivity index (χ1v) is 9.79. The van der Waals surface area contributed by atoms with Gasteiger partial charge in [0, 0.05) is 24.7 Å². The molecule has 2 aromatic rings. The number of rotatable bonds is 10. The zero-order valence-corrected chi connectivity index (χ0v) is 17.5. The number of nitrogens with one attached hydrogen (secondary N) is 1. The lowest BCUT2D eigenvalue weighted by Gasteiger charge is -2.29. The predicted octanol–water partition coefficient (Wildman–Crippen LogP) is 3.09. The molecule has 1 unspecified atom stereocenters. The van der Waals surface area contributed by atoms with Crippen molar-refractivity contribution in [2.45, 2.75) is 39.3 Å². The van der Waals surface area contributed by atoms with Crippen molar-refractivity contribution in [3.05, 3.63) is 69.8 Å². The molecule has 0 heterocycles.